The summed E-state index contributed by atoms with van der Waals surface area (Å²) in [6, 6.07) is 9.41. The van der Waals surface area contributed by atoms with Crippen LogP contribution in [0.1, 0.15) is 0 Å². The summed E-state index contributed by atoms with van der Waals surface area (Å²) in [7, 11) is 0.392. The molecule has 0 saturated carbocycles. The van der Waals surface area contributed by atoms with Crippen molar-refractivity contribution in [1.82, 2.24) is 0 Å². The number of hydrogen-bond acceptors (Lipinski definition) is 6. The molecule has 0 amide bonds. The molecule has 0 spiro atoms. The highest BCUT2D eigenvalue weighted by Crippen LogP contribution is 2.34. The minimum Gasteiger partial charge on any atom is -0.497 e. The molecule has 2 aromatic carbocycles. The summed E-state index contributed by atoms with van der Waals surface area (Å²) < 4.78 is 36.8. The van der Waals surface area contributed by atoms with Crippen LogP contribution in [0.3, 0.4) is 0 Å². The monoisotopic (exact) mass is 352 g/mol. The van der Waals surface area contributed by atoms with Gasteiger partial charge in [-0.1, -0.05) is 0 Å². The third-order valence-corrected chi connectivity index (χ3v) is 5.22. The number of rotatable bonds is 6. The van der Waals surface area contributed by atoms with Gasteiger partial charge in [-0.3, -0.25) is 14.4 Å². The fourth-order valence-corrected chi connectivity index (χ4v) is 3.28. The number of sulfonamides is 1. The van der Waals surface area contributed by atoms with Gasteiger partial charge in [0.25, 0.3) is 15.7 Å². The molecule has 2 rings (SSSR count). The van der Waals surface area contributed by atoms with Crippen LogP contribution in [-0.2, 0) is 10.0 Å². The summed E-state index contributed by atoms with van der Waals surface area (Å²) in [5, 5.41) is 10.7. The molecular weight excluding hydrogens is 336 g/mol. The zero-order valence-corrected chi connectivity index (χ0v) is 14.1. The lowest BCUT2D eigenvalue weighted by Gasteiger charge is -2.22. The van der Waals surface area contributed by atoms with Crippen molar-refractivity contribution in [3.63, 3.8) is 0 Å². The summed E-state index contributed by atoms with van der Waals surface area (Å²) in [5.74, 6) is 0.846. The molecule has 0 N–H and O–H groups in total. The van der Waals surface area contributed by atoms with E-state index in [0.29, 0.717) is 17.2 Å². The maximum absolute atomic E-state index is 12.7. The first-order valence-electron chi connectivity index (χ1n) is 6.76. The van der Waals surface area contributed by atoms with E-state index in [2.05, 4.69) is 0 Å². The van der Waals surface area contributed by atoms with Crippen molar-refractivity contribution in [3.8, 4) is 11.5 Å². The van der Waals surface area contributed by atoms with Crippen molar-refractivity contribution in [3.05, 3.63) is 52.6 Å². The SMILES string of the molecule is COc1ccc(N(C)S(=O)(=O)c2ccc([N+](=O)[O-])cc2)c(OC)c1. The van der Waals surface area contributed by atoms with Gasteiger partial charge in [-0.05, 0) is 24.3 Å². The molecule has 2 aromatic rings. The second-order valence-electron chi connectivity index (χ2n) is 4.76. The number of ether oxygens (including phenoxy) is 2. The second kappa shape index (κ2) is 6.75. The first-order valence-corrected chi connectivity index (χ1v) is 8.20. The molecule has 0 aliphatic heterocycles. The highest BCUT2D eigenvalue weighted by atomic mass is 32.2. The Labute approximate surface area is 139 Å². The summed E-state index contributed by atoms with van der Waals surface area (Å²) >= 11 is 0. The van der Waals surface area contributed by atoms with E-state index < -0.39 is 14.9 Å². The van der Waals surface area contributed by atoms with Crippen molar-refractivity contribution in [2.24, 2.45) is 0 Å². The first kappa shape index (κ1) is 17.5. The molecule has 0 aliphatic rings. The molecule has 0 aliphatic carbocycles. The fourth-order valence-electron chi connectivity index (χ4n) is 2.07. The Balaban J connectivity index is 2.43. The Kier molecular flexibility index (Phi) is 4.93. The van der Waals surface area contributed by atoms with Gasteiger partial charge >= 0.3 is 0 Å². The van der Waals surface area contributed by atoms with Gasteiger partial charge in [0.15, 0.2) is 0 Å². The van der Waals surface area contributed by atoms with Crippen LogP contribution < -0.4 is 13.8 Å². The van der Waals surface area contributed by atoms with Gasteiger partial charge in [0, 0.05) is 25.2 Å². The lowest BCUT2D eigenvalue weighted by molar-refractivity contribution is -0.384. The van der Waals surface area contributed by atoms with Crippen LogP contribution >= 0.6 is 0 Å². The van der Waals surface area contributed by atoms with Crippen molar-refractivity contribution >= 4 is 21.4 Å². The van der Waals surface area contributed by atoms with Crippen molar-refractivity contribution < 1.29 is 22.8 Å². The zero-order chi connectivity index (χ0) is 17.9. The van der Waals surface area contributed by atoms with Crippen LogP contribution in [0.4, 0.5) is 11.4 Å². The van der Waals surface area contributed by atoms with Crippen LogP contribution in [0.2, 0.25) is 0 Å². The lowest BCUT2D eigenvalue weighted by Crippen LogP contribution is -2.27. The average molecular weight is 352 g/mol. The lowest BCUT2D eigenvalue weighted by atomic mass is 10.3. The van der Waals surface area contributed by atoms with E-state index in [-0.39, 0.29) is 10.6 Å². The molecule has 0 bridgehead atoms. The van der Waals surface area contributed by atoms with Gasteiger partial charge in [-0.25, -0.2) is 8.42 Å². The Bertz CT molecular complexity index is 849. The summed E-state index contributed by atoms with van der Waals surface area (Å²) in [6.07, 6.45) is 0. The number of hydrogen-bond donors (Lipinski definition) is 0. The normalized spacial score (nSPS) is 11.0. The number of benzene rings is 2. The van der Waals surface area contributed by atoms with Gasteiger partial charge in [0.2, 0.25) is 0 Å². The molecule has 0 radical (unpaired) electrons. The van der Waals surface area contributed by atoms with Crippen molar-refractivity contribution in [2.75, 3.05) is 25.6 Å². The van der Waals surface area contributed by atoms with Gasteiger partial charge in [-0.15, -0.1) is 0 Å². The highest BCUT2D eigenvalue weighted by molar-refractivity contribution is 7.92. The molecule has 0 unspecified atom stereocenters. The van der Waals surface area contributed by atoms with Crippen LogP contribution in [-0.4, -0.2) is 34.6 Å². The third-order valence-electron chi connectivity index (χ3n) is 3.43. The topological polar surface area (TPSA) is 99.0 Å². The maximum Gasteiger partial charge on any atom is 0.269 e. The number of anilines is 1. The van der Waals surface area contributed by atoms with E-state index in [1.54, 1.807) is 18.2 Å². The van der Waals surface area contributed by atoms with Crippen LogP contribution in [0.25, 0.3) is 0 Å². The van der Waals surface area contributed by atoms with Gasteiger partial charge in [0.05, 0.1) is 29.7 Å². The molecule has 0 aromatic heterocycles. The van der Waals surface area contributed by atoms with Crippen LogP contribution in [0.15, 0.2) is 47.4 Å². The molecule has 0 atom stereocenters. The van der Waals surface area contributed by atoms with Gasteiger partial charge < -0.3 is 9.47 Å². The van der Waals surface area contributed by atoms with Crippen LogP contribution in [0.5, 0.6) is 11.5 Å². The molecule has 9 heteroatoms. The number of nitro benzene ring substituents is 1. The number of nitro groups is 1. The molecule has 0 heterocycles. The Hall–Kier alpha value is -2.81. The smallest absolute Gasteiger partial charge is 0.269 e. The molecule has 0 saturated heterocycles. The van der Waals surface area contributed by atoms with Crippen molar-refractivity contribution in [2.45, 2.75) is 4.90 Å². The highest BCUT2D eigenvalue weighted by Gasteiger charge is 2.24. The largest absolute Gasteiger partial charge is 0.497 e. The van der Waals surface area contributed by atoms with E-state index in [1.165, 1.54) is 33.4 Å². The molecule has 128 valence electrons. The van der Waals surface area contributed by atoms with E-state index in [4.69, 9.17) is 9.47 Å². The predicted molar refractivity (Wildman–Crippen MR) is 88.2 cm³/mol. The van der Waals surface area contributed by atoms with E-state index in [9.17, 15) is 18.5 Å². The van der Waals surface area contributed by atoms with E-state index >= 15 is 0 Å². The first-order chi connectivity index (χ1) is 11.3. The average Bonchev–Trinajstić information content (AvgIpc) is 2.60. The molecule has 8 nitrogen and oxygen atoms in total. The Morgan fingerprint density at radius 2 is 1.67 bits per heavy atom. The van der Waals surface area contributed by atoms with E-state index in [1.807, 2.05) is 0 Å². The predicted octanol–water partition coefficient (Wildman–Crippen LogP) is 2.44. The zero-order valence-electron chi connectivity index (χ0n) is 13.3. The number of nitrogens with zero attached hydrogens (tertiary/aromatic N) is 2. The molecule has 0 fully saturated rings. The molecule has 24 heavy (non-hydrogen) atoms. The summed E-state index contributed by atoms with van der Waals surface area (Å²) in [4.78, 5) is 10.0. The standard InChI is InChI=1S/C15H16N2O6S/c1-16(14-9-6-12(22-2)10-15(14)23-3)24(20,21)13-7-4-11(5-8-13)17(18)19/h4-10H,1-3H3. The van der Waals surface area contributed by atoms with Crippen molar-refractivity contribution in [1.29, 1.82) is 0 Å². The van der Waals surface area contributed by atoms with Crippen LogP contribution in [0, 0.1) is 10.1 Å². The third kappa shape index (κ3) is 3.25. The molecular formula is C15H16N2O6S. The minimum absolute atomic E-state index is 0.0616. The Morgan fingerprint density at radius 3 is 2.17 bits per heavy atom. The number of non-ortho nitro benzene ring substituents is 1. The Morgan fingerprint density at radius 1 is 1.04 bits per heavy atom. The van der Waals surface area contributed by atoms with E-state index in [0.717, 1.165) is 16.4 Å². The minimum atomic E-state index is -3.90. The van der Waals surface area contributed by atoms with Gasteiger partial charge in [-0.2, -0.15) is 0 Å². The summed E-state index contributed by atoms with van der Waals surface area (Å²) in [6.45, 7) is 0. The maximum atomic E-state index is 12.7. The fraction of sp³-hybridized carbons (Fsp3) is 0.200. The van der Waals surface area contributed by atoms with Gasteiger partial charge in [0.1, 0.15) is 11.5 Å². The second-order valence-corrected chi connectivity index (χ2v) is 6.73. The summed E-state index contributed by atoms with van der Waals surface area (Å²) in [5.41, 5.74) is 0.135. The number of methoxy groups -OCH3 is 2. The quantitative estimate of drug-likeness (QED) is 0.585.